The summed E-state index contributed by atoms with van der Waals surface area (Å²) in [5, 5.41) is 15.2. The molecule has 2 atom stereocenters. The molecule has 0 radical (unpaired) electrons. The lowest BCUT2D eigenvalue weighted by molar-refractivity contribution is -0.144. The van der Waals surface area contributed by atoms with E-state index in [0.29, 0.717) is 19.3 Å². The van der Waals surface area contributed by atoms with E-state index in [9.17, 15) is 19.5 Å². The monoisotopic (exact) mass is 478 g/mol. The molecule has 0 saturated heterocycles. The number of carboxylic acids is 1. The summed E-state index contributed by atoms with van der Waals surface area (Å²) in [4.78, 5) is 38.1. The molecule has 2 aromatic carbocycles. The Bertz CT molecular complexity index is 1050. The topological polar surface area (TPSA) is 105 Å². The molecule has 4 rings (SSSR count). The third-order valence-electron chi connectivity index (χ3n) is 7.59. The molecule has 0 aromatic heterocycles. The minimum Gasteiger partial charge on any atom is -0.480 e. The van der Waals surface area contributed by atoms with Crippen molar-refractivity contribution in [3.63, 3.8) is 0 Å². The summed E-state index contributed by atoms with van der Waals surface area (Å²) in [6.45, 7) is 3.84. The normalized spacial score (nSPS) is 18.0. The zero-order chi connectivity index (χ0) is 25.0. The molecule has 0 bridgehead atoms. The summed E-state index contributed by atoms with van der Waals surface area (Å²) in [6, 6.07) is 15.2. The maximum absolute atomic E-state index is 13.3. The van der Waals surface area contributed by atoms with Crippen molar-refractivity contribution in [1.29, 1.82) is 0 Å². The molecule has 2 aliphatic rings. The van der Waals surface area contributed by atoms with Crippen LogP contribution in [0.15, 0.2) is 48.5 Å². The third kappa shape index (κ3) is 5.04. The van der Waals surface area contributed by atoms with Gasteiger partial charge in [-0.25, -0.2) is 9.59 Å². The molecule has 3 N–H and O–H groups in total. The van der Waals surface area contributed by atoms with Crippen LogP contribution in [0.1, 0.15) is 69.4 Å². The van der Waals surface area contributed by atoms with Gasteiger partial charge in [0.15, 0.2) is 0 Å². The molecule has 0 aliphatic heterocycles. The van der Waals surface area contributed by atoms with E-state index in [0.717, 1.165) is 41.5 Å². The van der Waals surface area contributed by atoms with Gasteiger partial charge in [-0.3, -0.25) is 4.79 Å². The Morgan fingerprint density at radius 1 is 1.00 bits per heavy atom. The minimum absolute atomic E-state index is 0.0777. The summed E-state index contributed by atoms with van der Waals surface area (Å²) in [5.41, 5.74) is 3.35. The number of carboxylic acid groups (broad SMARTS) is 1. The predicted octanol–water partition coefficient (Wildman–Crippen LogP) is 4.84. The first-order valence-corrected chi connectivity index (χ1v) is 12.5. The Morgan fingerprint density at radius 3 is 2.11 bits per heavy atom. The standard InChI is InChI=1S/C28H34N2O5/c1-3-18(2)24(25(31)32)29-26(33)28(15-9-4-10-16-28)30-27(34)35-17-23-21-13-7-5-11-19(21)20-12-6-8-14-22(20)23/h5-8,11-14,18,23-24H,3-4,9-10,15-17H2,1-2H3,(H,29,33)(H,30,34)(H,31,32)/t18-,24-/m0/s1. The Hall–Kier alpha value is -3.35. The van der Waals surface area contributed by atoms with Crippen molar-refractivity contribution in [2.24, 2.45) is 5.92 Å². The molecule has 35 heavy (non-hydrogen) atoms. The van der Waals surface area contributed by atoms with Gasteiger partial charge in [0.05, 0.1) is 0 Å². The largest absolute Gasteiger partial charge is 0.480 e. The first kappa shape index (κ1) is 24.8. The van der Waals surface area contributed by atoms with Crippen molar-refractivity contribution < 1.29 is 24.2 Å². The van der Waals surface area contributed by atoms with Gasteiger partial charge in [-0.1, -0.05) is 88.1 Å². The average Bonchev–Trinajstić information content (AvgIpc) is 3.19. The van der Waals surface area contributed by atoms with E-state index >= 15 is 0 Å². The van der Waals surface area contributed by atoms with Crippen LogP contribution in [0.5, 0.6) is 0 Å². The molecule has 186 valence electrons. The summed E-state index contributed by atoms with van der Waals surface area (Å²) in [7, 11) is 0. The van der Waals surface area contributed by atoms with E-state index < -0.39 is 29.6 Å². The van der Waals surface area contributed by atoms with Crippen LogP contribution in [0.3, 0.4) is 0 Å². The molecule has 7 heteroatoms. The second-order valence-electron chi connectivity index (χ2n) is 9.77. The number of rotatable bonds is 8. The zero-order valence-corrected chi connectivity index (χ0v) is 20.4. The van der Waals surface area contributed by atoms with Gasteiger partial charge in [-0.2, -0.15) is 0 Å². The molecule has 7 nitrogen and oxygen atoms in total. The lowest BCUT2D eigenvalue weighted by atomic mass is 9.80. The molecule has 0 unspecified atom stereocenters. The van der Waals surface area contributed by atoms with Crippen molar-refractivity contribution in [2.45, 2.75) is 69.9 Å². The number of ether oxygens (including phenoxy) is 1. The van der Waals surface area contributed by atoms with Gasteiger partial charge < -0.3 is 20.5 Å². The fraction of sp³-hybridized carbons (Fsp3) is 0.464. The lowest BCUT2D eigenvalue weighted by Gasteiger charge is -2.37. The number of carbonyl (C=O) groups is 3. The number of carbonyl (C=O) groups excluding carboxylic acids is 2. The number of hydrogen-bond donors (Lipinski definition) is 3. The molecular weight excluding hydrogens is 444 g/mol. The maximum Gasteiger partial charge on any atom is 0.408 e. The first-order chi connectivity index (χ1) is 16.9. The number of benzene rings is 2. The van der Waals surface area contributed by atoms with Gasteiger partial charge in [0, 0.05) is 5.92 Å². The van der Waals surface area contributed by atoms with E-state index in [1.807, 2.05) is 31.2 Å². The number of amides is 2. The van der Waals surface area contributed by atoms with Gasteiger partial charge in [0.1, 0.15) is 18.2 Å². The van der Waals surface area contributed by atoms with E-state index in [1.54, 1.807) is 6.92 Å². The highest BCUT2D eigenvalue weighted by Gasteiger charge is 2.43. The van der Waals surface area contributed by atoms with Crippen LogP contribution in [-0.4, -0.2) is 41.3 Å². The summed E-state index contributed by atoms with van der Waals surface area (Å²) in [6.07, 6.45) is 3.39. The van der Waals surface area contributed by atoms with Crippen LogP contribution < -0.4 is 10.6 Å². The summed E-state index contributed by atoms with van der Waals surface area (Å²) in [5.74, 6) is -1.82. The Balaban J connectivity index is 1.47. The van der Waals surface area contributed by atoms with Crippen LogP contribution in [0.2, 0.25) is 0 Å². The number of aliphatic carboxylic acids is 1. The number of alkyl carbamates (subject to hydrolysis) is 1. The Morgan fingerprint density at radius 2 is 1.57 bits per heavy atom. The van der Waals surface area contributed by atoms with Crippen molar-refractivity contribution >= 4 is 18.0 Å². The fourth-order valence-corrected chi connectivity index (χ4v) is 5.36. The van der Waals surface area contributed by atoms with E-state index in [2.05, 4.69) is 34.9 Å². The maximum atomic E-state index is 13.3. The highest BCUT2D eigenvalue weighted by molar-refractivity contribution is 5.93. The Kier molecular flexibility index (Phi) is 7.43. The van der Waals surface area contributed by atoms with Crippen LogP contribution in [-0.2, 0) is 14.3 Å². The quantitative estimate of drug-likeness (QED) is 0.503. The highest BCUT2D eigenvalue weighted by atomic mass is 16.5. The molecule has 2 aromatic rings. The summed E-state index contributed by atoms with van der Waals surface area (Å²) < 4.78 is 5.69. The third-order valence-corrected chi connectivity index (χ3v) is 7.59. The molecule has 2 aliphatic carbocycles. The number of nitrogens with one attached hydrogen (secondary N) is 2. The van der Waals surface area contributed by atoms with Crippen LogP contribution in [0.25, 0.3) is 11.1 Å². The van der Waals surface area contributed by atoms with Gasteiger partial charge in [0.2, 0.25) is 5.91 Å². The van der Waals surface area contributed by atoms with Crippen LogP contribution >= 0.6 is 0 Å². The van der Waals surface area contributed by atoms with E-state index in [-0.39, 0.29) is 18.4 Å². The minimum atomic E-state index is -1.16. The van der Waals surface area contributed by atoms with E-state index in [1.165, 1.54) is 0 Å². The smallest absolute Gasteiger partial charge is 0.408 e. The summed E-state index contributed by atoms with van der Waals surface area (Å²) >= 11 is 0. The molecule has 1 fully saturated rings. The predicted molar refractivity (Wildman–Crippen MR) is 133 cm³/mol. The van der Waals surface area contributed by atoms with Crippen molar-refractivity contribution in [2.75, 3.05) is 6.61 Å². The second kappa shape index (κ2) is 10.5. The van der Waals surface area contributed by atoms with Gasteiger partial charge in [-0.15, -0.1) is 0 Å². The SMILES string of the molecule is CC[C@H](C)[C@H](NC(=O)C1(NC(=O)OCC2c3ccccc3-c3ccccc32)CCCCC1)C(=O)O. The van der Waals surface area contributed by atoms with Gasteiger partial charge in [0.25, 0.3) is 0 Å². The second-order valence-corrected chi connectivity index (χ2v) is 9.77. The van der Waals surface area contributed by atoms with Gasteiger partial charge in [-0.05, 0) is 41.0 Å². The Labute approximate surface area is 206 Å². The molecular formula is C28H34N2O5. The zero-order valence-electron chi connectivity index (χ0n) is 20.4. The average molecular weight is 479 g/mol. The van der Waals surface area contributed by atoms with Crippen LogP contribution in [0, 0.1) is 5.92 Å². The van der Waals surface area contributed by atoms with E-state index in [4.69, 9.17) is 4.74 Å². The van der Waals surface area contributed by atoms with Crippen LogP contribution in [0.4, 0.5) is 4.79 Å². The van der Waals surface area contributed by atoms with Crippen molar-refractivity contribution in [3.05, 3.63) is 59.7 Å². The van der Waals surface area contributed by atoms with Crippen molar-refractivity contribution in [3.8, 4) is 11.1 Å². The molecule has 0 spiro atoms. The molecule has 1 saturated carbocycles. The van der Waals surface area contributed by atoms with Crippen molar-refractivity contribution in [1.82, 2.24) is 10.6 Å². The van der Waals surface area contributed by atoms with Gasteiger partial charge >= 0.3 is 12.1 Å². The number of fused-ring (bicyclic) bond motifs is 3. The molecule has 0 heterocycles. The molecule has 2 amide bonds. The first-order valence-electron chi connectivity index (χ1n) is 12.5. The highest BCUT2D eigenvalue weighted by Crippen LogP contribution is 2.44. The fourth-order valence-electron chi connectivity index (χ4n) is 5.36. The number of hydrogen-bond acceptors (Lipinski definition) is 4. The lowest BCUT2D eigenvalue weighted by Crippen LogP contribution is -2.62.